The Morgan fingerprint density at radius 2 is 1.97 bits per heavy atom. The first-order valence-electron chi connectivity index (χ1n) is 11.2. The lowest BCUT2D eigenvalue weighted by Crippen LogP contribution is -2.32. The summed E-state index contributed by atoms with van der Waals surface area (Å²) in [5.74, 6) is 4.19. The maximum absolute atomic E-state index is 5.76. The third-order valence-corrected chi connectivity index (χ3v) is 6.00. The molecule has 6 nitrogen and oxygen atoms in total. The molecule has 1 saturated heterocycles. The minimum atomic E-state index is 0.570. The van der Waals surface area contributed by atoms with Crippen LogP contribution in [0, 0.1) is 0 Å². The van der Waals surface area contributed by atoms with Gasteiger partial charge >= 0.3 is 0 Å². The van der Waals surface area contributed by atoms with Gasteiger partial charge in [0.15, 0.2) is 0 Å². The number of ether oxygens (including phenoxy) is 2. The Morgan fingerprint density at radius 3 is 2.75 bits per heavy atom. The van der Waals surface area contributed by atoms with Crippen molar-refractivity contribution in [3.8, 4) is 5.75 Å². The summed E-state index contributed by atoms with van der Waals surface area (Å²) < 4.78 is 16.8. The number of hydrogen-bond donors (Lipinski definition) is 0. The highest BCUT2D eigenvalue weighted by Crippen LogP contribution is 2.17. The highest BCUT2D eigenvalue weighted by atomic mass is 32.2. The molecule has 2 heterocycles. The Morgan fingerprint density at radius 1 is 1.16 bits per heavy atom. The number of piperidine rings is 1. The molecule has 0 bridgehead atoms. The number of para-hydroxylation sites is 1. The largest absolute Gasteiger partial charge is 0.493 e. The van der Waals surface area contributed by atoms with E-state index in [1.54, 1.807) is 11.8 Å². The Kier molecular flexibility index (Phi) is 10.4. The molecule has 0 N–H and O–H groups in total. The molecule has 0 radical (unpaired) electrons. The van der Waals surface area contributed by atoms with Crippen LogP contribution in [0.1, 0.15) is 37.9 Å². The average Bonchev–Trinajstić information content (AvgIpc) is 3.29. The zero-order chi connectivity index (χ0) is 22.4. The molecule has 0 spiro atoms. The van der Waals surface area contributed by atoms with Gasteiger partial charge in [0.1, 0.15) is 18.1 Å². The lowest BCUT2D eigenvalue weighted by molar-refractivity contribution is 0.149. The van der Waals surface area contributed by atoms with Crippen LogP contribution >= 0.6 is 11.8 Å². The van der Waals surface area contributed by atoms with Crippen LogP contribution in [-0.4, -0.2) is 53.6 Å². The Labute approximate surface area is 195 Å². The van der Waals surface area contributed by atoms with Crippen molar-refractivity contribution in [3.63, 3.8) is 0 Å². The van der Waals surface area contributed by atoms with Crippen molar-refractivity contribution < 1.29 is 14.0 Å². The molecule has 0 saturated carbocycles. The average molecular weight is 456 g/mol. The number of rotatable bonds is 13. The first kappa shape index (κ1) is 24.1. The summed E-state index contributed by atoms with van der Waals surface area (Å²) in [5, 5.41) is 4.11. The predicted octanol–water partition coefficient (Wildman–Crippen LogP) is 5.36. The maximum atomic E-state index is 5.76. The van der Waals surface area contributed by atoms with Gasteiger partial charge in [-0.2, -0.15) is 4.98 Å². The first-order chi connectivity index (χ1) is 15.7. The molecule has 0 unspecified atom stereocenters. The summed E-state index contributed by atoms with van der Waals surface area (Å²) >= 11 is 1.70. The van der Waals surface area contributed by atoms with Crippen molar-refractivity contribution in [2.24, 2.45) is 0 Å². The fourth-order valence-corrected chi connectivity index (χ4v) is 3.98. The number of likely N-dealkylation sites (tertiary alicyclic amines) is 1. The zero-order valence-electron chi connectivity index (χ0n) is 18.9. The van der Waals surface area contributed by atoms with E-state index < -0.39 is 0 Å². The molecule has 1 aliphatic heterocycles. The molecule has 1 aromatic carbocycles. The van der Waals surface area contributed by atoms with Gasteiger partial charge < -0.3 is 14.0 Å². The molecule has 172 valence electrons. The molecule has 0 atom stereocenters. The number of nitrogens with zero attached hydrogens (tertiary/aromatic N) is 3. The van der Waals surface area contributed by atoms with E-state index in [0.717, 1.165) is 23.6 Å². The van der Waals surface area contributed by atoms with Crippen LogP contribution in [0.5, 0.6) is 5.75 Å². The monoisotopic (exact) mass is 455 g/mol. The van der Waals surface area contributed by atoms with Crippen LogP contribution in [0.3, 0.4) is 0 Å². The molecule has 1 aliphatic rings. The molecule has 32 heavy (non-hydrogen) atoms. The number of benzene rings is 1. The smallest absolute Gasteiger partial charge is 0.236 e. The maximum Gasteiger partial charge on any atom is 0.236 e. The molecule has 7 heteroatoms. The molecular formula is C25H33N3O3S. The highest BCUT2D eigenvalue weighted by Gasteiger charge is 2.10. The lowest BCUT2D eigenvalue weighted by Gasteiger charge is -2.26. The van der Waals surface area contributed by atoms with E-state index in [1.165, 1.54) is 32.4 Å². The zero-order valence-corrected chi connectivity index (χ0v) is 19.7. The topological polar surface area (TPSA) is 60.6 Å². The van der Waals surface area contributed by atoms with Crippen molar-refractivity contribution >= 4 is 17.3 Å². The van der Waals surface area contributed by atoms with E-state index in [4.69, 9.17) is 14.0 Å². The number of hydrogen-bond acceptors (Lipinski definition) is 7. The summed E-state index contributed by atoms with van der Waals surface area (Å²) in [4.78, 5) is 6.95. The van der Waals surface area contributed by atoms with E-state index in [1.807, 2.05) is 55.5 Å². The fourth-order valence-electron chi connectivity index (χ4n) is 3.34. The van der Waals surface area contributed by atoms with Gasteiger partial charge in [-0.1, -0.05) is 42.4 Å². The summed E-state index contributed by atoms with van der Waals surface area (Å²) in [7, 11) is 0. The minimum absolute atomic E-state index is 0.570. The predicted molar refractivity (Wildman–Crippen MR) is 131 cm³/mol. The Bertz CT molecular complexity index is 874. The van der Waals surface area contributed by atoms with Gasteiger partial charge in [-0.3, -0.25) is 4.90 Å². The van der Waals surface area contributed by atoms with Crippen molar-refractivity contribution in [2.45, 2.75) is 31.9 Å². The van der Waals surface area contributed by atoms with Crippen molar-refractivity contribution in [1.29, 1.82) is 0 Å². The summed E-state index contributed by atoms with van der Waals surface area (Å²) in [6.45, 7) is 10.5. The van der Waals surface area contributed by atoms with Gasteiger partial charge in [0.25, 0.3) is 0 Å². The van der Waals surface area contributed by atoms with Crippen LogP contribution < -0.4 is 4.74 Å². The van der Waals surface area contributed by atoms with Gasteiger partial charge in [-0.05, 0) is 57.1 Å². The van der Waals surface area contributed by atoms with Gasteiger partial charge in [-0.25, -0.2) is 0 Å². The van der Waals surface area contributed by atoms with E-state index in [0.29, 0.717) is 36.4 Å². The van der Waals surface area contributed by atoms with Crippen LogP contribution in [0.15, 0.2) is 65.4 Å². The van der Waals surface area contributed by atoms with Gasteiger partial charge in [-0.15, -0.1) is 11.8 Å². The van der Waals surface area contributed by atoms with Gasteiger partial charge in [0, 0.05) is 17.9 Å². The third kappa shape index (κ3) is 8.55. The van der Waals surface area contributed by atoms with Crippen molar-refractivity contribution in [2.75, 3.05) is 38.6 Å². The van der Waals surface area contributed by atoms with E-state index in [2.05, 4.69) is 21.6 Å². The second-order valence-electron chi connectivity index (χ2n) is 7.52. The van der Waals surface area contributed by atoms with Crippen LogP contribution in [-0.2, 0) is 10.5 Å². The molecule has 2 aromatic rings. The van der Waals surface area contributed by atoms with Gasteiger partial charge in [0.05, 0.1) is 12.4 Å². The minimum Gasteiger partial charge on any atom is -0.493 e. The third-order valence-electron chi connectivity index (χ3n) is 5.09. The second-order valence-corrected chi connectivity index (χ2v) is 8.63. The summed E-state index contributed by atoms with van der Waals surface area (Å²) in [6, 6.07) is 9.81. The number of allylic oxidation sites excluding steroid dienone is 4. The summed E-state index contributed by atoms with van der Waals surface area (Å²) in [5.41, 5.74) is 0.873. The molecule has 3 rings (SSSR count). The number of thioether (sulfide) groups is 1. The quantitative estimate of drug-likeness (QED) is 0.229. The molecule has 0 aliphatic carbocycles. The van der Waals surface area contributed by atoms with Crippen molar-refractivity contribution in [1.82, 2.24) is 15.0 Å². The lowest BCUT2D eigenvalue weighted by atomic mass is 10.1. The fraction of sp³-hybridized carbons (Fsp3) is 0.440. The second kappa shape index (κ2) is 13.8. The van der Waals surface area contributed by atoms with E-state index in [9.17, 15) is 0 Å². The Balaban J connectivity index is 1.35. The first-order valence-corrected chi connectivity index (χ1v) is 12.4. The van der Waals surface area contributed by atoms with Crippen molar-refractivity contribution in [3.05, 3.63) is 72.6 Å². The van der Waals surface area contributed by atoms with Gasteiger partial charge in [0.2, 0.25) is 11.7 Å². The van der Waals surface area contributed by atoms with Crippen LogP contribution in [0.2, 0.25) is 0 Å². The standard InChI is InChI=1S/C25H33N3O3S/c1-3-22(13-12-21(2)29-17-16-28-14-8-5-9-15-28)25-26-24(31-27-25)20-32-19-18-30-23-10-6-4-7-11-23/h3-4,6-7,10-13H,2,5,8-9,14-20H2,1H3/b13-12-,22-3+. The molecule has 1 fully saturated rings. The SMILES string of the molecule is C=C(/C=C\C(=C/C)c1noc(CSCCOc2ccccc2)n1)OCCN1CCCCC1. The van der Waals surface area contributed by atoms with E-state index >= 15 is 0 Å². The molecule has 1 aromatic heterocycles. The molecular weight excluding hydrogens is 422 g/mol. The normalized spacial score (nSPS) is 15.2. The Hall–Kier alpha value is -2.51. The van der Waals surface area contributed by atoms with E-state index in [-0.39, 0.29) is 0 Å². The molecule has 0 amide bonds. The summed E-state index contributed by atoms with van der Waals surface area (Å²) in [6.07, 6.45) is 9.65. The van der Waals surface area contributed by atoms with Crippen LogP contribution in [0.4, 0.5) is 0 Å². The van der Waals surface area contributed by atoms with Crippen LogP contribution in [0.25, 0.3) is 5.57 Å². The highest BCUT2D eigenvalue weighted by molar-refractivity contribution is 7.98. The number of aromatic nitrogens is 2.